The standard InChI is InChI=1S/C12H13N3O3S/c1-2-19(17,18)15-12(16)11-7-9(13)8-5-3-4-6-10(8)14-11/h3-7H,2H2,1H3,(H2,13,14)(H,15,16). The summed E-state index contributed by atoms with van der Waals surface area (Å²) in [5, 5.41) is 0.720. The number of hydrogen-bond donors (Lipinski definition) is 2. The number of hydrogen-bond acceptors (Lipinski definition) is 5. The lowest BCUT2D eigenvalue weighted by molar-refractivity contribution is 0.0977. The van der Waals surface area contributed by atoms with E-state index in [9.17, 15) is 13.2 Å². The SMILES string of the molecule is CCS(=O)(=O)NC(=O)c1cc(N)c2ccccc2n1. The van der Waals surface area contributed by atoms with Gasteiger partial charge in [0.1, 0.15) is 5.69 Å². The second-order valence-corrected chi connectivity index (χ2v) is 5.96. The van der Waals surface area contributed by atoms with Gasteiger partial charge in [0.25, 0.3) is 5.91 Å². The van der Waals surface area contributed by atoms with Crippen molar-refractivity contribution in [1.29, 1.82) is 0 Å². The smallest absolute Gasteiger partial charge is 0.283 e. The molecule has 0 bridgehead atoms. The molecule has 0 spiro atoms. The molecular formula is C12H13N3O3S. The van der Waals surface area contributed by atoms with Gasteiger partial charge >= 0.3 is 0 Å². The summed E-state index contributed by atoms with van der Waals surface area (Å²) in [6.07, 6.45) is 0. The van der Waals surface area contributed by atoms with Crippen molar-refractivity contribution in [3.8, 4) is 0 Å². The number of aromatic nitrogens is 1. The third-order valence-corrected chi connectivity index (χ3v) is 3.87. The molecule has 1 amide bonds. The van der Waals surface area contributed by atoms with Gasteiger partial charge in [-0.25, -0.2) is 18.1 Å². The number of anilines is 1. The fraction of sp³-hybridized carbons (Fsp3) is 0.167. The molecule has 19 heavy (non-hydrogen) atoms. The van der Waals surface area contributed by atoms with E-state index in [4.69, 9.17) is 5.73 Å². The third-order valence-electron chi connectivity index (χ3n) is 2.61. The Morgan fingerprint density at radius 2 is 2.05 bits per heavy atom. The average Bonchev–Trinajstić information content (AvgIpc) is 2.38. The molecule has 0 aliphatic rings. The lowest BCUT2D eigenvalue weighted by atomic mass is 10.1. The first-order valence-corrected chi connectivity index (χ1v) is 7.28. The molecular weight excluding hydrogens is 266 g/mol. The van der Waals surface area contributed by atoms with Crippen molar-refractivity contribution >= 4 is 32.5 Å². The quantitative estimate of drug-likeness (QED) is 0.869. The van der Waals surface area contributed by atoms with Crippen LogP contribution in [-0.4, -0.2) is 25.1 Å². The minimum absolute atomic E-state index is 0.0202. The molecule has 3 N–H and O–H groups in total. The number of nitrogen functional groups attached to an aromatic ring is 1. The van der Waals surface area contributed by atoms with Crippen LogP contribution in [0.5, 0.6) is 0 Å². The van der Waals surface area contributed by atoms with E-state index >= 15 is 0 Å². The van der Waals surface area contributed by atoms with Crippen LogP contribution in [0.15, 0.2) is 30.3 Å². The molecule has 0 atom stereocenters. The van der Waals surface area contributed by atoms with E-state index in [1.54, 1.807) is 18.2 Å². The van der Waals surface area contributed by atoms with Crippen molar-refractivity contribution in [2.24, 2.45) is 0 Å². The first kappa shape index (κ1) is 13.3. The van der Waals surface area contributed by atoms with Crippen LogP contribution >= 0.6 is 0 Å². The molecule has 1 aromatic heterocycles. The largest absolute Gasteiger partial charge is 0.398 e. The molecule has 6 nitrogen and oxygen atoms in total. The molecule has 0 aliphatic heterocycles. The van der Waals surface area contributed by atoms with Gasteiger partial charge in [-0.1, -0.05) is 18.2 Å². The Morgan fingerprint density at radius 1 is 1.37 bits per heavy atom. The molecule has 1 heterocycles. The molecule has 0 unspecified atom stereocenters. The third kappa shape index (κ3) is 2.82. The summed E-state index contributed by atoms with van der Waals surface area (Å²) >= 11 is 0. The highest BCUT2D eigenvalue weighted by Gasteiger charge is 2.16. The van der Waals surface area contributed by atoms with Gasteiger partial charge < -0.3 is 5.73 Å². The van der Waals surface area contributed by atoms with E-state index < -0.39 is 15.9 Å². The number of para-hydroxylation sites is 1. The number of nitrogens with one attached hydrogen (secondary N) is 1. The first-order chi connectivity index (χ1) is 8.93. The van der Waals surface area contributed by atoms with Gasteiger partial charge in [-0.3, -0.25) is 4.79 Å². The van der Waals surface area contributed by atoms with Crippen molar-refractivity contribution in [1.82, 2.24) is 9.71 Å². The van der Waals surface area contributed by atoms with Gasteiger partial charge in [-0.2, -0.15) is 0 Å². The normalized spacial score (nSPS) is 11.4. The van der Waals surface area contributed by atoms with Gasteiger partial charge in [0, 0.05) is 11.1 Å². The Labute approximate surface area is 110 Å². The lowest BCUT2D eigenvalue weighted by Crippen LogP contribution is -2.32. The van der Waals surface area contributed by atoms with E-state index in [-0.39, 0.29) is 11.4 Å². The number of carbonyl (C=O) groups is 1. The van der Waals surface area contributed by atoms with Crippen LogP contribution in [0, 0.1) is 0 Å². The highest BCUT2D eigenvalue weighted by molar-refractivity contribution is 7.90. The number of rotatable bonds is 3. The zero-order valence-electron chi connectivity index (χ0n) is 10.3. The molecule has 2 rings (SSSR count). The Balaban J connectivity index is 2.44. The molecule has 0 saturated heterocycles. The molecule has 0 radical (unpaired) electrons. The van der Waals surface area contributed by atoms with Crippen LogP contribution in [0.3, 0.4) is 0 Å². The van der Waals surface area contributed by atoms with Crippen LogP contribution < -0.4 is 10.5 Å². The molecule has 1 aromatic carbocycles. The zero-order valence-corrected chi connectivity index (χ0v) is 11.1. The minimum atomic E-state index is -3.61. The topological polar surface area (TPSA) is 102 Å². The second-order valence-electron chi connectivity index (χ2n) is 3.95. The first-order valence-electron chi connectivity index (χ1n) is 5.63. The van der Waals surface area contributed by atoms with Gasteiger partial charge in [-0.05, 0) is 19.1 Å². The molecule has 0 aliphatic carbocycles. The summed E-state index contributed by atoms with van der Waals surface area (Å²) in [7, 11) is -3.61. The maximum atomic E-state index is 11.8. The van der Waals surface area contributed by atoms with Gasteiger partial charge in [0.05, 0.1) is 11.3 Å². The summed E-state index contributed by atoms with van der Waals surface area (Å²) < 4.78 is 24.6. The van der Waals surface area contributed by atoms with Crippen LogP contribution in [0.2, 0.25) is 0 Å². The van der Waals surface area contributed by atoms with E-state index in [0.717, 1.165) is 5.39 Å². The van der Waals surface area contributed by atoms with Crippen molar-refractivity contribution in [3.05, 3.63) is 36.0 Å². The molecule has 7 heteroatoms. The van der Waals surface area contributed by atoms with E-state index in [1.807, 2.05) is 10.8 Å². The number of pyridine rings is 1. The van der Waals surface area contributed by atoms with Crippen LogP contribution in [0.25, 0.3) is 10.9 Å². The van der Waals surface area contributed by atoms with Crippen molar-refractivity contribution in [3.63, 3.8) is 0 Å². The number of nitrogens with zero attached hydrogens (tertiary/aromatic N) is 1. The van der Waals surface area contributed by atoms with Crippen molar-refractivity contribution in [2.75, 3.05) is 11.5 Å². The van der Waals surface area contributed by atoms with E-state index in [0.29, 0.717) is 11.2 Å². The summed E-state index contributed by atoms with van der Waals surface area (Å²) in [5.74, 6) is -0.957. The number of fused-ring (bicyclic) bond motifs is 1. The predicted molar refractivity (Wildman–Crippen MR) is 73.1 cm³/mol. The van der Waals surface area contributed by atoms with Crippen LogP contribution in [0.4, 0.5) is 5.69 Å². The Bertz CT molecular complexity index is 741. The van der Waals surface area contributed by atoms with Gasteiger partial charge in [0.15, 0.2) is 0 Å². The van der Waals surface area contributed by atoms with Gasteiger partial charge in [-0.15, -0.1) is 0 Å². The maximum Gasteiger partial charge on any atom is 0.283 e. The lowest BCUT2D eigenvalue weighted by Gasteiger charge is -2.07. The number of carbonyl (C=O) groups excluding carboxylic acids is 1. The molecule has 0 fully saturated rings. The van der Waals surface area contributed by atoms with Gasteiger partial charge in [0.2, 0.25) is 10.0 Å². The predicted octanol–water partition coefficient (Wildman–Crippen LogP) is 0.896. The summed E-state index contributed by atoms with van der Waals surface area (Å²) in [6.45, 7) is 1.44. The van der Waals surface area contributed by atoms with E-state index in [2.05, 4.69) is 4.98 Å². The number of sulfonamides is 1. The Morgan fingerprint density at radius 3 is 2.74 bits per heavy atom. The average molecular weight is 279 g/mol. The molecule has 0 saturated carbocycles. The fourth-order valence-corrected chi connectivity index (χ4v) is 2.12. The highest BCUT2D eigenvalue weighted by atomic mass is 32.2. The van der Waals surface area contributed by atoms with E-state index in [1.165, 1.54) is 13.0 Å². The highest BCUT2D eigenvalue weighted by Crippen LogP contribution is 2.19. The fourth-order valence-electron chi connectivity index (χ4n) is 1.58. The maximum absolute atomic E-state index is 11.8. The Kier molecular flexibility index (Phi) is 3.39. The minimum Gasteiger partial charge on any atom is -0.398 e. The van der Waals surface area contributed by atoms with Crippen LogP contribution in [-0.2, 0) is 10.0 Å². The molecule has 2 aromatic rings. The molecule has 100 valence electrons. The number of benzene rings is 1. The second kappa shape index (κ2) is 4.85. The monoisotopic (exact) mass is 279 g/mol. The van der Waals surface area contributed by atoms with Crippen molar-refractivity contribution < 1.29 is 13.2 Å². The summed E-state index contributed by atoms with van der Waals surface area (Å²) in [5.41, 5.74) is 6.72. The van der Waals surface area contributed by atoms with Crippen molar-refractivity contribution in [2.45, 2.75) is 6.92 Å². The number of amides is 1. The Hall–Kier alpha value is -2.15. The number of nitrogens with two attached hydrogens (primary N) is 1. The summed E-state index contributed by atoms with van der Waals surface area (Å²) in [4.78, 5) is 15.9. The zero-order chi connectivity index (χ0) is 14.0. The summed E-state index contributed by atoms with van der Waals surface area (Å²) in [6, 6.07) is 8.42. The van der Waals surface area contributed by atoms with Crippen LogP contribution in [0.1, 0.15) is 17.4 Å².